The number of carbonyl (C=O) groups is 2. The summed E-state index contributed by atoms with van der Waals surface area (Å²) >= 11 is 0. The van der Waals surface area contributed by atoms with Gasteiger partial charge in [0.25, 0.3) is 0 Å². The lowest BCUT2D eigenvalue weighted by Gasteiger charge is -2.25. The van der Waals surface area contributed by atoms with Gasteiger partial charge in [-0.3, -0.25) is 9.59 Å². The third-order valence-corrected chi connectivity index (χ3v) is 6.03. The molecule has 0 radical (unpaired) electrons. The Bertz CT molecular complexity index is 1350. The van der Waals surface area contributed by atoms with Gasteiger partial charge in [-0.25, -0.2) is 5.01 Å². The molecule has 1 unspecified atom stereocenters. The number of benzene rings is 3. The summed E-state index contributed by atoms with van der Waals surface area (Å²) in [5.74, 6) is -7.77. The summed E-state index contributed by atoms with van der Waals surface area (Å²) in [6.45, 7) is 1.84. The van der Waals surface area contributed by atoms with E-state index < -0.39 is 42.0 Å². The van der Waals surface area contributed by atoms with Crippen LogP contribution in [0.25, 0.3) is 11.1 Å². The number of hydrogen-bond acceptors (Lipinski definition) is 3. The number of aryl methyl sites for hydroxylation is 1. The summed E-state index contributed by atoms with van der Waals surface area (Å²) in [5.41, 5.74) is 2.28. The zero-order valence-electron chi connectivity index (χ0n) is 19.5. The van der Waals surface area contributed by atoms with Crippen LogP contribution in [-0.2, 0) is 15.8 Å². The molecule has 0 saturated heterocycles. The molecule has 3 aromatic rings. The number of hydrogen-bond donors (Lipinski definition) is 1. The van der Waals surface area contributed by atoms with E-state index in [2.05, 4.69) is 5.10 Å². The number of carboxylic acids is 1. The first-order valence-electron chi connectivity index (χ1n) is 11.2. The van der Waals surface area contributed by atoms with Crippen molar-refractivity contribution in [1.29, 1.82) is 0 Å². The van der Waals surface area contributed by atoms with E-state index in [4.69, 9.17) is 5.11 Å². The van der Waals surface area contributed by atoms with Gasteiger partial charge < -0.3 is 5.11 Å². The molecular formula is C27H21F5N2O3. The van der Waals surface area contributed by atoms with Crippen LogP contribution in [0.1, 0.15) is 41.1 Å². The van der Waals surface area contributed by atoms with Crippen molar-refractivity contribution >= 4 is 17.6 Å². The molecule has 3 aromatic carbocycles. The second-order valence-corrected chi connectivity index (χ2v) is 8.72. The molecule has 1 heterocycles. The van der Waals surface area contributed by atoms with Crippen molar-refractivity contribution in [2.75, 3.05) is 0 Å². The predicted molar refractivity (Wildman–Crippen MR) is 126 cm³/mol. The van der Waals surface area contributed by atoms with Gasteiger partial charge >= 0.3 is 24.0 Å². The van der Waals surface area contributed by atoms with Gasteiger partial charge in [0.15, 0.2) is 0 Å². The van der Waals surface area contributed by atoms with Gasteiger partial charge in [0, 0.05) is 12.0 Å². The normalized spacial score (nSPS) is 16.0. The number of alkyl halides is 5. The molecule has 0 saturated carbocycles. The van der Waals surface area contributed by atoms with Crippen LogP contribution in [0, 0.1) is 6.92 Å². The van der Waals surface area contributed by atoms with Crippen LogP contribution < -0.4 is 0 Å². The highest BCUT2D eigenvalue weighted by Crippen LogP contribution is 2.39. The highest BCUT2D eigenvalue weighted by Gasteiger charge is 2.48. The van der Waals surface area contributed by atoms with Crippen molar-refractivity contribution in [2.45, 2.75) is 37.9 Å². The molecule has 0 bridgehead atoms. The van der Waals surface area contributed by atoms with Crippen LogP contribution in [-0.4, -0.2) is 33.6 Å². The highest BCUT2D eigenvalue weighted by molar-refractivity contribution is 6.08. The van der Waals surface area contributed by atoms with Crippen LogP contribution in [0.3, 0.4) is 0 Å². The lowest BCUT2D eigenvalue weighted by Crippen LogP contribution is -2.42. The summed E-state index contributed by atoms with van der Waals surface area (Å²) < 4.78 is 68.1. The number of hydrazone groups is 1. The molecule has 0 spiro atoms. The summed E-state index contributed by atoms with van der Waals surface area (Å²) in [6.07, 6.45) is -6.15. The topological polar surface area (TPSA) is 70.0 Å². The Morgan fingerprint density at radius 3 is 2.08 bits per heavy atom. The van der Waals surface area contributed by atoms with Crippen molar-refractivity contribution in [3.8, 4) is 11.1 Å². The van der Waals surface area contributed by atoms with Gasteiger partial charge in [0.2, 0.25) is 0 Å². The maximum atomic E-state index is 14.5. The molecule has 1 atom stereocenters. The van der Waals surface area contributed by atoms with Crippen molar-refractivity contribution in [3.63, 3.8) is 0 Å². The van der Waals surface area contributed by atoms with Crippen LogP contribution in [0.2, 0.25) is 0 Å². The van der Waals surface area contributed by atoms with Gasteiger partial charge in [-0.1, -0.05) is 66.2 Å². The SMILES string of the molecule is Cc1ccc(C2CC(c3ccccc3-c3ccc(C(F)(F)F)cc3)=NN2C(=O)C(F)(F)CC(=O)O)cc1. The van der Waals surface area contributed by atoms with E-state index in [1.54, 1.807) is 48.5 Å². The highest BCUT2D eigenvalue weighted by atomic mass is 19.4. The lowest BCUT2D eigenvalue weighted by molar-refractivity contribution is -0.167. The van der Waals surface area contributed by atoms with Gasteiger partial charge in [-0.05, 0) is 35.7 Å². The van der Waals surface area contributed by atoms with Crippen molar-refractivity contribution in [2.24, 2.45) is 5.10 Å². The summed E-state index contributed by atoms with van der Waals surface area (Å²) in [4.78, 5) is 23.8. The molecule has 0 aliphatic carbocycles. The van der Waals surface area contributed by atoms with E-state index in [-0.39, 0.29) is 12.1 Å². The molecule has 0 aromatic heterocycles. The van der Waals surface area contributed by atoms with Crippen LogP contribution in [0.15, 0.2) is 77.9 Å². The number of carbonyl (C=O) groups excluding carboxylic acids is 1. The van der Waals surface area contributed by atoms with Gasteiger partial charge in [-0.15, -0.1) is 0 Å². The standard InChI is InChI=1S/C27H21F5N2O3/c1-16-6-8-18(9-7-16)23-14-22(33-34(23)25(37)26(28,29)15-24(35)36)21-5-3-2-4-20(21)17-10-12-19(13-11-17)27(30,31)32/h2-13,23H,14-15H2,1H3,(H,35,36). The molecule has 1 aliphatic heterocycles. The Morgan fingerprint density at radius 2 is 1.51 bits per heavy atom. The van der Waals surface area contributed by atoms with E-state index >= 15 is 0 Å². The molecule has 1 amide bonds. The first-order valence-corrected chi connectivity index (χ1v) is 11.2. The minimum atomic E-state index is -4.50. The Kier molecular flexibility index (Phi) is 6.86. The molecule has 5 nitrogen and oxygen atoms in total. The maximum absolute atomic E-state index is 14.5. The van der Waals surface area contributed by atoms with Crippen molar-refractivity contribution in [1.82, 2.24) is 5.01 Å². The fourth-order valence-corrected chi connectivity index (χ4v) is 4.17. The first kappa shape index (κ1) is 26.0. The van der Waals surface area contributed by atoms with Crippen LogP contribution in [0.4, 0.5) is 22.0 Å². The molecule has 37 heavy (non-hydrogen) atoms. The summed E-state index contributed by atoms with van der Waals surface area (Å²) in [7, 11) is 0. The molecular weight excluding hydrogens is 495 g/mol. The van der Waals surface area contributed by atoms with Gasteiger partial charge in [0.1, 0.15) is 6.42 Å². The Balaban J connectivity index is 1.76. The van der Waals surface area contributed by atoms with Crippen molar-refractivity contribution in [3.05, 3.63) is 95.1 Å². The zero-order valence-corrected chi connectivity index (χ0v) is 19.5. The molecule has 0 fully saturated rings. The minimum Gasteiger partial charge on any atom is -0.481 e. The van der Waals surface area contributed by atoms with E-state index in [0.29, 0.717) is 27.3 Å². The molecule has 1 N–H and O–H groups in total. The number of aliphatic carboxylic acids is 1. The summed E-state index contributed by atoms with van der Waals surface area (Å²) in [6, 6.07) is 17.1. The average molecular weight is 516 g/mol. The Labute approximate surface area is 208 Å². The first-order chi connectivity index (χ1) is 17.4. The van der Waals surface area contributed by atoms with E-state index in [9.17, 15) is 31.5 Å². The largest absolute Gasteiger partial charge is 0.481 e. The number of halogens is 5. The van der Waals surface area contributed by atoms with Gasteiger partial charge in [0.05, 0.1) is 17.3 Å². The molecule has 4 rings (SSSR count). The fraction of sp³-hybridized carbons (Fsp3) is 0.222. The van der Waals surface area contributed by atoms with E-state index in [1.165, 1.54) is 12.1 Å². The van der Waals surface area contributed by atoms with Crippen molar-refractivity contribution < 1.29 is 36.6 Å². The van der Waals surface area contributed by atoms with Crippen LogP contribution in [0.5, 0.6) is 0 Å². The quantitative estimate of drug-likeness (QED) is 0.382. The predicted octanol–water partition coefficient (Wildman–Crippen LogP) is 6.47. The Morgan fingerprint density at radius 1 is 0.919 bits per heavy atom. The second-order valence-electron chi connectivity index (χ2n) is 8.72. The van der Waals surface area contributed by atoms with Gasteiger partial charge in [-0.2, -0.15) is 27.1 Å². The lowest BCUT2D eigenvalue weighted by atomic mass is 9.92. The number of carboxylic acid groups (broad SMARTS) is 1. The fourth-order valence-electron chi connectivity index (χ4n) is 4.17. The zero-order chi connectivity index (χ0) is 27.0. The summed E-state index contributed by atoms with van der Waals surface area (Å²) in [5, 5.41) is 13.7. The van der Waals surface area contributed by atoms with E-state index in [1.807, 2.05) is 6.92 Å². The monoisotopic (exact) mass is 516 g/mol. The van der Waals surface area contributed by atoms with E-state index in [0.717, 1.165) is 17.7 Å². The smallest absolute Gasteiger partial charge is 0.416 e. The number of amides is 1. The Hall–Kier alpha value is -4.08. The van der Waals surface area contributed by atoms with Crippen LogP contribution >= 0.6 is 0 Å². The molecule has 1 aliphatic rings. The maximum Gasteiger partial charge on any atom is 0.416 e. The third-order valence-electron chi connectivity index (χ3n) is 6.03. The number of nitrogens with zero attached hydrogens (tertiary/aromatic N) is 2. The molecule has 192 valence electrons. The third kappa shape index (κ3) is 5.52. The number of rotatable bonds is 6. The second kappa shape index (κ2) is 9.76. The minimum absolute atomic E-state index is 0.0373. The average Bonchev–Trinajstić information content (AvgIpc) is 3.28. The molecule has 10 heteroatoms.